The van der Waals surface area contributed by atoms with Crippen LogP contribution in [0.1, 0.15) is 32.6 Å². The number of alkyl halides is 2. The van der Waals surface area contributed by atoms with E-state index in [1.54, 1.807) is 0 Å². The zero-order chi connectivity index (χ0) is 9.84. The van der Waals surface area contributed by atoms with Crippen molar-refractivity contribution >= 4 is 29.1 Å². The topological polar surface area (TPSA) is 29.1 Å². The Balaban J connectivity index is 2.26. The smallest absolute Gasteiger partial charge is 0.253 e. The van der Waals surface area contributed by atoms with Gasteiger partial charge >= 0.3 is 0 Å². The zero-order valence-corrected chi connectivity index (χ0v) is 9.24. The first-order valence-electron chi connectivity index (χ1n) is 4.68. The van der Waals surface area contributed by atoms with Gasteiger partial charge in [0.1, 0.15) is 0 Å². The number of hydrogen-bond acceptors (Lipinski definition) is 1. The van der Waals surface area contributed by atoms with Gasteiger partial charge in [0.25, 0.3) is 5.91 Å². The van der Waals surface area contributed by atoms with Crippen LogP contribution >= 0.6 is 23.2 Å². The van der Waals surface area contributed by atoms with Crippen LogP contribution < -0.4 is 5.32 Å². The fraction of sp³-hybridized carbons (Fsp3) is 0.889. The van der Waals surface area contributed by atoms with E-state index in [1.165, 1.54) is 12.8 Å². The second-order valence-corrected chi connectivity index (χ2v) is 4.86. The lowest BCUT2D eigenvalue weighted by atomic mass is 9.87. The Hall–Kier alpha value is 0.0500. The molecule has 0 aromatic carbocycles. The highest BCUT2D eigenvalue weighted by atomic mass is 35.5. The van der Waals surface area contributed by atoms with Gasteiger partial charge in [0.05, 0.1) is 0 Å². The molecule has 1 fully saturated rings. The number of rotatable bonds is 2. The number of hydrogen-bond donors (Lipinski definition) is 1. The molecule has 0 atom stereocenters. The molecule has 0 aromatic heterocycles. The molecule has 4 heteroatoms. The van der Waals surface area contributed by atoms with Crippen molar-refractivity contribution in [1.82, 2.24) is 5.32 Å². The van der Waals surface area contributed by atoms with E-state index in [0.717, 1.165) is 18.8 Å². The summed E-state index contributed by atoms with van der Waals surface area (Å²) in [6, 6.07) is 0.281. The van der Waals surface area contributed by atoms with Crippen molar-refractivity contribution < 1.29 is 4.79 Å². The number of halogens is 2. The maximum absolute atomic E-state index is 11.1. The minimum Gasteiger partial charge on any atom is -0.351 e. The molecule has 0 saturated heterocycles. The Bertz CT molecular complexity index is 176. The summed E-state index contributed by atoms with van der Waals surface area (Å²) >= 11 is 10.9. The molecule has 0 aromatic rings. The van der Waals surface area contributed by atoms with Crippen LogP contribution in [0.3, 0.4) is 0 Å². The third-order valence-electron chi connectivity index (χ3n) is 2.56. The molecule has 0 heterocycles. The summed E-state index contributed by atoms with van der Waals surface area (Å²) < 4.78 is 0. The summed E-state index contributed by atoms with van der Waals surface area (Å²) in [6.07, 6.45) is 4.46. The minimum absolute atomic E-state index is 0.261. The highest BCUT2D eigenvalue weighted by Crippen LogP contribution is 2.23. The lowest BCUT2D eigenvalue weighted by molar-refractivity contribution is -0.120. The Kier molecular flexibility index (Phi) is 4.33. The number of nitrogens with one attached hydrogen (secondary N) is 1. The zero-order valence-electron chi connectivity index (χ0n) is 7.72. The van der Waals surface area contributed by atoms with E-state index in [-0.39, 0.29) is 11.9 Å². The summed E-state index contributed by atoms with van der Waals surface area (Å²) in [4.78, 5) is 10.2. The van der Waals surface area contributed by atoms with Crippen molar-refractivity contribution in [1.29, 1.82) is 0 Å². The third kappa shape index (κ3) is 3.74. The first kappa shape index (κ1) is 11.1. The minimum atomic E-state index is -0.931. The van der Waals surface area contributed by atoms with Gasteiger partial charge in [-0.1, -0.05) is 30.1 Å². The lowest BCUT2D eigenvalue weighted by Gasteiger charge is -2.26. The first-order chi connectivity index (χ1) is 6.09. The molecule has 76 valence electrons. The number of carbonyl (C=O) groups is 1. The van der Waals surface area contributed by atoms with Crippen molar-refractivity contribution in [2.75, 3.05) is 0 Å². The van der Waals surface area contributed by atoms with Gasteiger partial charge < -0.3 is 5.32 Å². The molecule has 1 amide bonds. The summed E-state index contributed by atoms with van der Waals surface area (Å²) in [5.41, 5.74) is 0. The molecular formula is C9H15Cl2NO. The maximum Gasteiger partial charge on any atom is 0.253 e. The van der Waals surface area contributed by atoms with Gasteiger partial charge in [0.15, 0.2) is 4.84 Å². The van der Waals surface area contributed by atoms with Crippen molar-refractivity contribution in [3.63, 3.8) is 0 Å². The summed E-state index contributed by atoms with van der Waals surface area (Å²) in [6.45, 7) is 2.24. The molecule has 1 N–H and O–H groups in total. The lowest BCUT2D eigenvalue weighted by Crippen LogP contribution is -2.39. The Morgan fingerprint density at radius 3 is 2.31 bits per heavy atom. The fourth-order valence-corrected chi connectivity index (χ4v) is 1.79. The van der Waals surface area contributed by atoms with Crippen LogP contribution in [-0.2, 0) is 4.79 Å². The van der Waals surface area contributed by atoms with Crippen LogP contribution in [0, 0.1) is 5.92 Å². The van der Waals surface area contributed by atoms with Crippen LogP contribution in [0.2, 0.25) is 0 Å². The second kappa shape index (κ2) is 5.06. The highest BCUT2D eigenvalue weighted by Gasteiger charge is 2.21. The van der Waals surface area contributed by atoms with E-state index in [9.17, 15) is 4.79 Å². The molecule has 0 aliphatic heterocycles. The van der Waals surface area contributed by atoms with E-state index in [2.05, 4.69) is 12.2 Å². The molecule has 1 saturated carbocycles. The van der Waals surface area contributed by atoms with E-state index in [1.807, 2.05) is 0 Å². The summed E-state index contributed by atoms with van der Waals surface area (Å²) in [5, 5.41) is 2.84. The highest BCUT2D eigenvalue weighted by molar-refractivity contribution is 6.53. The standard InChI is InChI=1S/C9H15Cl2NO/c1-6-2-4-7(5-3-6)12-9(13)8(10)11/h6-8H,2-5H2,1H3,(H,12,13). The summed E-state index contributed by atoms with van der Waals surface area (Å²) in [7, 11) is 0. The van der Waals surface area contributed by atoms with E-state index < -0.39 is 4.84 Å². The molecule has 2 nitrogen and oxygen atoms in total. The molecule has 0 bridgehead atoms. The normalized spacial score (nSPS) is 28.9. The Morgan fingerprint density at radius 2 is 1.85 bits per heavy atom. The van der Waals surface area contributed by atoms with E-state index >= 15 is 0 Å². The van der Waals surface area contributed by atoms with Crippen LogP contribution in [-0.4, -0.2) is 16.8 Å². The average Bonchev–Trinajstić information content (AvgIpc) is 2.08. The van der Waals surface area contributed by atoms with E-state index in [0.29, 0.717) is 0 Å². The molecule has 0 unspecified atom stereocenters. The monoisotopic (exact) mass is 223 g/mol. The SMILES string of the molecule is CC1CCC(NC(=O)C(Cl)Cl)CC1. The predicted molar refractivity (Wildman–Crippen MR) is 55.1 cm³/mol. The van der Waals surface area contributed by atoms with Gasteiger partial charge in [-0.25, -0.2) is 0 Å². The second-order valence-electron chi connectivity index (χ2n) is 3.77. The Morgan fingerprint density at radius 1 is 1.31 bits per heavy atom. The first-order valence-corrected chi connectivity index (χ1v) is 5.55. The third-order valence-corrected chi connectivity index (χ3v) is 2.96. The molecule has 0 radical (unpaired) electrons. The van der Waals surface area contributed by atoms with Gasteiger partial charge in [-0.3, -0.25) is 4.79 Å². The van der Waals surface area contributed by atoms with Crippen molar-refractivity contribution in [2.24, 2.45) is 5.92 Å². The van der Waals surface area contributed by atoms with Crippen LogP contribution in [0.4, 0.5) is 0 Å². The van der Waals surface area contributed by atoms with Crippen molar-refractivity contribution in [3.8, 4) is 0 Å². The summed E-state index contributed by atoms with van der Waals surface area (Å²) in [5.74, 6) is 0.527. The van der Waals surface area contributed by atoms with Crippen LogP contribution in [0.15, 0.2) is 0 Å². The fourth-order valence-electron chi connectivity index (χ4n) is 1.67. The van der Waals surface area contributed by atoms with Gasteiger partial charge in [-0.15, -0.1) is 0 Å². The van der Waals surface area contributed by atoms with Gasteiger partial charge in [-0.2, -0.15) is 0 Å². The van der Waals surface area contributed by atoms with Gasteiger partial charge in [0, 0.05) is 6.04 Å². The molecule has 1 aliphatic carbocycles. The van der Waals surface area contributed by atoms with Gasteiger partial charge in [-0.05, 0) is 31.6 Å². The van der Waals surface area contributed by atoms with Crippen molar-refractivity contribution in [3.05, 3.63) is 0 Å². The number of amides is 1. The largest absolute Gasteiger partial charge is 0.351 e. The van der Waals surface area contributed by atoms with E-state index in [4.69, 9.17) is 23.2 Å². The number of carbonyl (C=O) groups excluding carboxylic acids is 1. The molecule has 1 aliphatic rings. The molecular weight excluding hydrogens is 209 g/mol. The Labute approximate surface area is 89.0 Å². The van der Waals surface area contributed by atoms with Crippen LogP contribution in [0.25, 0.3) is 0 Å². The quantitative estimate of drug-likeness (QED) is 0.717. The maximum atomic E-state index is 11.1. The molecule has 13 heavy (non-hydrogen) atoms. The van der Waals surface area contributed by atoms with Crippen LogP contribution in [0.5, 0.6) is 0 Å². The van der Waals surface area contributed by atoms with Crippen molar-refractivity contribution in [2.45, 2.75) is 43.5 Å². The molecule has 0 spiro atoms. The predicted octanol–water partition coefficient (Wildman–Crippen LogP) is 2.49. The average molecular weight is 224 g/mol. The molecule has 1 rings (SSSR count). The van der Waals surface area contributed by atoms with Gasteiger partial charge in [0.2, 0.25) is 0 Å².